The van der Waals surface area contributed by atoms with Crippen molar-refractivity contribution in [2.24, 2.45) is 0 Å². The molecule has 0 unspecified atom stereocenters. The highest BCUT2D eigenvalue weighted by Gasteiger charge is 2.11. The van der Waals surface area contributed by atoms with Crippen LogP contribution in [0.3, 0.4) is 0 Å². The van der Waals surface area contributed by atoms with Crippen molar-refractivity contribution >= 4 is 11.9 Å². The summed E-state index contributed by atoms with van der Waals surface area (Å²) >= 11 is 0. The van der Waals surface area contributed by atoms with Crippen LogP contribution in [-0.2, 0) is 9.59 Å². The van der Waals surface area contributed by atoms with Crippen LogP contribution in [0.25, 0.3) is 0 Å². The number of aryl methyl sites for hydroxylation is 1. The fourth-order valence-electron chi connectivity index (χ4n) is 1.60. The quantitative estimate of drug-likeness (QED) is 0.762. The number of hydrogen-bond donors (Lipinski definition) is 1. The standard InChI is InChI=1S/C14H19NO4/c1-11-5-3-6-12(9-11)19-8-4-7-13(16)15(2)10-14(17)18/h3,5-6,9H,4,7-8,10H2,1-2H3,(H,17,18). The van der Waals surface area contributed by atoms with Crippen molar-refractivity contribution in [1.29, 1.82) is 0 Å². The van der Waals surface area contributed by atoms with E-state index in [1.807, 2.05) is 31.2 Å². The van der Waals surface area contributed by atoms with Crippen LogP contribution in [0.5, 0.6) is 5.75 Å². The van der Waals surface area contributed by atoms with E-state index in [1.54, 1.807) is 0 Å². The Morgan fingerprint density at radius 1 is 1.37 bits per heavy atom. The molecular weight excluding hydrogens is 246 g/mol. The molecule has 19 heavy (non-hydrogen) atoms. The van der Waals surface area contributed by atoms with E-state index < -0.39 is 5.97 Å². The number of ether oxygens (including phenoxy) is 1. The van der Waals surface area contributed by atoms with Crippen molar-refractivity contribution in [2.45, 2.75) is 19.8 Å². The zero-order valence-corrected chi connectivity index (χ0v) is 11.3. The Morgan fingerprint density at radius 2 is 2.11 bits per heavy atom. The van der Waals surface area contributed by atoms with Crippen LogP contribution >= 0.6 is 0 Å². The van der Waals surface area contributed by atoms with Gasteiger partial charge >= 0.3 is 5.97 Å². The third-order valence-corrected chi connectivity index (χ3v) is 2.59. The second-order valence-corrected chi connectivity index (χ2v) is 4.41. The highest BCUT2D eigenvalue weighted by Crippen LogP contribution is 2.12. The van der Waals surface area contributed by atoms with Gasteiger partial charge in [0.2, 0.25) is 5.91 Å². The average molecular weight is 265 g/mol. The minimum atomic E-state index is -1.01. The van der Waals surface area contributed by atoms with Crippen molar-refractivity contribution < 1.29 is 19.4 Å². The molecule has 0 aliphatic carbocycles. The molecule has 1 aromatic carbocycles. The molecule has 0 saturated carbocycles. The van der Waals surface area contributed by atoms with E-state index in [2.05, 4.69) is 0 Å². The maximum atomic E-state index is 11.6. The summed E-state index contributed by atoms with van der Waals surface area (Å²) in [6.07, 6.45) is 0.854. The molecule has 1 aromatic rings. The number of aliphatic carboxylic acids is 1. The molecule has 0 aliphatic rings. The van der Waals surface area contributed by atoms with Crippen LogP contribution in [0.4, 0.5) is 0 Å². The van der Waals surface area contributed by atoms with Crippen molar-refractivity contribution in [3.05, 3.63) is 29.8 Å². The zero-order chi connectivity index (χ0) is 14.3. The summed E-state index contributed by atoms with van der Waals surface area (Å²) in [6.45, 7) is 2.16. The van der Waals surface area contributed by atoms with Crippen molar-refractivity contribution in [3.8, 4) is 5.75 Å². The number of benzene rings is 1. The molecule has 0 fully saturated rings. The van der Waals surface area contributed by atoms with Gasteiger partial charge in [-0.05, 0) is 31.0 Å². The molecule has 104 valence electrons. The van der Waals surface area contributed by atoms with Crippen molar-refractivity contribution in [1.82, 2.24) is 4.90 Å². The lowest BCUT2D eigenvalue weighted by molar-refractivity contribution is -0.143. The lowest BCUT2D eigenvalue weighted by Gasteiger charge is -2.14. The molecular formula is C14H19NO4. The monoisotopic (exact) mass is 265 g/mol. The van der Waals surface area contributed by atoms with Crippen LogP contribution in [0, 0.1) is 6.92 Å². The molecule has 0 bridgehead atoms. The number of hydrogen-bond acceptors (Lipinski definition) is 3. The van der Waals surface area contributed by atoms with Gasteiger partial charge in [0.05, 0.1) is 6.61 Å². The molecule has 1 rings (SSSR count). The van der Waals surface area contributed by atoms with E-state index in [9.17, 15) is 9.59 Å². The number of nitrogens with zero attached hydrogens (tertiary/aromatic N) is 1. The number of carboxylic acids is 1. The molecule has 0 aromatic heterocycles. The van der Waals surface area contributed by atoms with Gasteiger partial charge in [0.1, 0.15) is 12.3 Å². The fourth-order valence-corrected chi connectivity index (χ4v) is 1.60. The summed E-state index contributed by atoms with van der Waals surface area (Å²) in [5, 5.41) is 8.56. The summed E-state index contributed by atoms with van der Waals surface area (Å²) < 4.78 is 5.51. The summed E-state index contributed by atoms with van der Waals surface area (Å²) in [5.74, 6) is -0.409. The Balaban J connectivity index is 2.23. The van der Waals surface area contributed by atoms with Gasteiger partial charge in [0.15, 0.2) is 0 Å². The number of carboxylic acid groups (broad SMARTS) is 1. The average Bonchev–Trinajstić information content (AvgIpc) is 2.33. The topological polar surface area (TPSA) is 66.8 Å². The van der Waals surface area contributed by atoms with E-state index in [0.29, 0.717) is 13.0 Å². The molecule has 1 N–H and O–H groups in total. The summed E-state index contributed by atoms with van der Waals surface area (Å²) in [5.41, 5.74) is 1.12. The Hall–Kier alpha value is -2.04. The van der Waals surface area contributed by atoms with Crippen molar-refractivity contribution in [3.63, 3.8) is 0 Å². The first-order chi connectivity index (χ1) is 8.99. The number of carbonyl (C=O) groups excluding carboxylic acids is 1. The number of likely N-dealkylation sites (N-methyl/N-ethyl adjacent to an activating group) is 1. The fraction of sp³-hybridized carbons (Fsp3) is 0.429. The number of carbonyl (C=O) groups is 2. The van der Waals surface area contributed by atoms with Gasteiger partial charge in [-0.3, -0.25) is 9.59 Å². The first kappa shape index (κ1) is 15.0. The first-order valence-electron chi connectivity index (χ1n) is 6.14. The maximum absolute atomic E-state index is 11.6. The van der Waals surface area contributed by atoms with Crippen LogP contribution in [0.1, 0.15) is 18.4 Å². The molecule has 5 nitrogen and oxygen atoms in total. The van der Waals surface area contributed by atoms with Gasteiger partial charge in [0.25, 0.3) is 0 Å². The highest BCUT2D eigenvalue weighted by atomic mass is 16.5. The molecule has 0 atom stereocenters. The normalized spacial score (nSPS) is 10.0. The lowest BCUT2D eigenvalue weighted by Crippen LogP contribution is -2.31. The molecule has 0 aliphatic heterocycles. The van der Waals surface area contributed by atoms with Gasteiger partial charge in [-0.1, -0.05) is 12.1 Å². The van der Waals surface area contributed by atoms with Crippen LogP contribution in [0.15, 0.2) is 24.3 Å². The largest absolute Gasteiger partial charge is 0.494 e. The lowest BCUT2D eigenvalue weighted by atomic mass is 10.2. The summed E-state index contributed by atoms with van der Waals surface area (Å²) in [7, 11) is 1.48. The Morgan fingerprint density at radius 3 is 2.74 bits per heavy atom. The third-order valence-electron chi connectivity index (χ3n) is 2.59. The van der Waals surface area contributed by atoms with Gasteiger partial charge < -0.3 is 14.7 Å². The maximum Gasteiger partial charge on any atom is 0.323 e. The third kappa shape index (κ3) is 5.90. The summed E-state index contributed by atoms with van der Waals surface area (Å²) in [6, 6.07) is 7.69. The van der Waals surface area contributed by atoms with E-state index >= 15 is 0 Å². The SMILES string of the molecule is Cc1cccc(OCCCC(=O)N(C)CC(=O)O)c1. The Kier molecular flexibility index (Phi) is 5.85. The molecule has 0 spiro atoms. The number of rotatable bonds is 7. The van der Waals surface area contributed by atoms with E-state index in [-0.39, 0.29) is 18.9 Å². The number of amides is 1. The predicted octanol–water partition coefficient (Wildman–Crippen LogP) is 1.70. The minimum absolute atomic E-state index is 0.185. The predicted molar refractivity (Wildman–Crippen MR) is 71.2 cm³/mol. The minimum Gasteiger partial charge on any atom is -0.494 e. The van der Waals surface area contributed by atoms with Gasteiger partial charge in [0, 0.05) is 13.5 Å². The van der Waals surface area contributed by atoms with Gasteiger partial charge in [-0.25, -0.2) is 0 Å². The van der Waals surface area contributed by atoms with Crippen molar-refractivity contribution in [2.75, 3.05) is 20.2 Å². The zero-order valence-electron chi connectivity index (χ0n) is 11.3. The molecule has 0 radical (unpaired) electrons. The Bertz CT molecular complexity index is 445. The van der Waals surface area contributed by atoms with Gasteiger partial charge in [-0.15, -0.1) is 0 Å². The Labute approximate surface area is 112 Å². The first-order valence-corrected chi connectivity index (χ1v) is 6.14. The van der Waals surface area contributed by atoms with Crippen LogP contribution in [-0.4, -0.2) is 42.1 Å². The molecule has 0 saturated heterocycles. The van der Waals surface area contributed by atoms with E-state index in [1.165, 1.54) is 11.9 Å². The smallest absolute Gasteiger partial charge is 0.323 e. The second-order valence-electron chi connectivity index (χ2n) is 4.41. The molecule has 0 heterocycles. The van der Waals surface area contributed by atoms with Gasteiger partial charge in [-0.2, -0.15) is 0 Å². The second kappa shape index (κ2) is 7.41. The van der Waals surface area contributed by atoms with E-state index in [0.717, 1.165) is 11.3 Å². The van der Waals surface area contributed by atoms with E-state index in [4.69, 9.17) is 9.84 Å². The highest BCUT2D eigenvalue weighted by molar-refractivity contribution is 5.80. The molecule has 5 heteroatoms. The van der Waals surface area contributed by atoms with Crippen LogP contribution in [0.2, 0.25) is 0 Å². The molecule has 1 amide bonds. The van der Waals surface area contributed by atoms with Crippen LogP contribution < -0.4 is 4.74 Å². The summed E-state index contributed by atoms with van der Waals surface area (Å²) in [4.78, 5) is 23.2.